The van der Waals surface area contributed by atoms with E-state index < -0.39 is 6.10 Å². The van der Waals surface area contributed by atoms with Gasteiger partial charge in [-0.25, -0.2) is 4.79 Å². The molecule has 2 rings (SSSR count). The van der Waals surface area contributed by atoms with Gasteiger partial charge in [-0.1, -0.05) is 32.9 Å². The molecule has 27 heavy (non-hydrogen) atoms. The first-order valence-electron chi connectivity index (χ1n) is 9.85. The monoisotopic (exact) mass is 377 g/mol. The van der Waals surface area contributed by atoms with Crippen molar-refractivity contribution in [2.45, 2.75) is 45.1 Å². The Kier molecular flexibility index (Phi) is 7.92. The van der Waals surface area contributed by atoms with Crippen molar-refractivity contribution in [3.8, 4) is 5.75 Å². The zero-order chi connectivity index (χ0) is 19.9. The summed E-state index contributed by atoms with van der Waals surface area (Å²) in [6.45, 7) is 9.65. The Morgan fingerprint density at radius 1 is 1.22 bits per heavy atom. The molecule has 1 atom stereocenters. The third-order valence-corrected chi connectivity index (χ3v) is 5.05. The highest BCUT2D eigenvalue weighted by Gasteiger charge is 2.17. The summed E-state index contributed by atoms with van der Waals surface area (Å²) in [5.41, 5.74) is 1.33. The van der Waals surface area contributed by atoms with E-state index in [0.29, 0.717) is 18.2 Å². The van der Waals surface area contributed by atoms with E-state index >= 15 is 0 Å². The second-order valence-electron chi connectivity index (χ2n) is 8.58. The van der Waals surface area contributed by atoms with Gasteiger partial charge in [0.25, 0.3) is 0 Å². The summed E-state index contributed by atoms with van der Waals surface area (Å²) in [6, 6.07) is 7.67. The number of carbonyl (C=O) groups is 1. The number of rotatable bonds is 7. The molecule has 2 amide bonds. The average Bonchev–Trinajstić information content (AvgIpc) is 2.64. The minimum atomic E-state index is -0.749. The van der Waals surface area contributed by atoms with E-state index in [4.69, 9.17) is 4.74 Å². The number of amides is 2. The molecule has 6 heteroatoms. The van der Waals surface area contributed by atoms with Gasteiger partial charge in [0.15, 0.2) is 0 Å². The average molecular weight is 378 g/mol. The molecule has 1 aromatic carbocycles. The smallest absolute Gasteiger partial charge is 0.314 e. The molecule has 0 aliphatic carbocycles. The number of carbonyl (C=O) groups excluding carboxylic acids is 1. The lowest BCUT2D eigenvalue weighted by Gasteiger charge is -2.28. The number of piperidine rings is 1. The number of hydrogen-bond donors (Lipinski definition) is 3. The van der Waals surface area contributed by atoms with Crippen LogP contribution in [0.15, 0.2) is 24.3 Å². The van der Waals surface area contributed by atoms with Crippen molar-refractivity contribution in [3.05, 3.63) is 29.8 Å². The van der Waals surface area contributed by atoms with Crippen LogP contribution in [-0.2, 0) is 5.41 Å². The van der Waals surface area contributed by atoms with E-state index in [2.05, 4.69) is 43.4 Å². The van der Waals surface area contributed by atoms with Gasteiger partial charge in [-0.2, -0.15) is 0 Å². The van der Waals surface area contributed by atoms with Crippen LogP contribution >= 0.6 is 0 Å². The van der Waals surface area contributed by atoms with Crippen LogP contribution in [0.4, 0.5) is 4.79 Å². The number of urea groups is 1. The zero-order valence-electron chi connectivity index (χ0n) is 17.1. The lowest BCUT2D eigenvalue weighted by atomic mass is 9.87. The predicted molar refractivity (Wildman–Crippen MR) is 108 cm³/mol. The number of nitrogens with zero attached hydrogens (tertiary/aromatic N) is 1. The van der Waals surface area contributed by atoms with E-state index in [1.807, 2.05) is 24.3 Å². The SMILES string of the molecule is CN1CCC(CNC(=O)NCC(O)COc2ccc(C(C)(C)C)cc2)CC1. The molecule has 1 fully saturated rings. The molecule has 0 radical (unpaired) electrons. The van der Waals surface area contributed by atoms with Crippen molar-refractivity contribution < 1.29 is 14.6 Å². The standard InChI is InChI=1S/C21H35N3O3/c1-21(2,3)17-5-7-19(8-6-17)27-15-18(25)14-23-20(26)22-13-16-9-11-24(4)12-10-16/h5-8,16,18,25H,9-15H2,1-4H3,(H2,22,23,26). The van der Waals surface area contributed by atoms with Crippen molar-refractivity contribution >= 4 is 6.03 Å². The maximum atomic E-state index is 11.9. The van der Waals surface area contributed by atoms with E-state index in [9.17, 15) is 9.90 Å². The molecule has 0 spiro atoms. The minimum absolute atomic E-state index is 0.100. The molecule has 3 N–H and O–H groups in total. The lowest BCUT2D eigenvalue weighted by molar-refractivity contribution is 0.107. The highest BCUT2D eigenvalue weighted by atomic mass is 16.5. The Morgan fingerprint density at radius 2 is 1.85 bits per heavy atom. The number of nitrogens with one attached hydrogen (secondary N) is 2. The molecular formula is C21H35N3O3. The summed E-state index contributed by atoms with van der Waals surface area (Å²) in [6.07, 6.45) is 1.48. The molecular weight excluding hydrogens is 342 g/mol. The van der Waals surface area contributed by atoms with Crippen molar-refractivity contribution in [1.82, 2.24) is 15.5 Å². The Hall–Kier alpha value is -1.79. The summed E-state index contributed by atoms with van der Waals surface area (Å²) in [5, 5.41) is 15.6. The number of likely N-dealkylation sites (tertiary alicyclic amines) is 1. The molecule has 1 unspecified atom stereocenters. The highest BCUT2D eigenvalue weighted by Crippen LogP contribution is 2.24. The first-order valence-corrected chi connectivity index (χ1v) is 9.85. The Bertz CT molecular complexity index is 575. The van der Waals surface area contributed by atoms with Crippen LogP contribution < -0.4 is 15.4 Å². The van der Waals surface area contributed by atoms with Crippen LogP contribution in [0.5, 0.6) is 5.75 Å². The van der Waals surface area contributed by atoms with E-state index in [0.717, 1.165) is 25.9 Å². The van der Waals surface area contributed by atoms with Crippen LogP contribution in [0.3, 0.4) is 0 Å². The molecule has 1 aliphatic rings. The third-order valence-electron chi connectivity index (χ3n) is 5.05. The maximum Gasteiger partial charge on any atom is 0.314 e. The number of aliphatic hydroxyl groups is 1. The second kappa shape index (κ2) is 9.95. The normalized spacial score (nSPS) is 17.4. The quantitative estimate of drug-likeness (QED) is 0.682. The van der Waals surface area contributed by atoms with Crippen molar-refractivity contribution in [2.24, 2.45) is 5.92 Å². The molecule has 1 aromatic rings. The summed E-state index contributed by atoms with van der Waals surface area (Å²) in [5.74, 6) is 1.25. The number of benzene rings is 1. The number of hydrogen-bond acceptors (Lipinski definition) is 4. The first kappa shape index (κ1) is 21.5. The molecule has 1 aliphatic heterocycles. The summed E-state index contributed by atoms with van der Waals surface area (Å²) >= 11 is 0. The fourth-order valence-corrected chi connectivity index (χ4v) is 3.08. The largest absolute Gasteiger partial charge is 0.491 e. The maximum absolute atomic E-state index is 11.9. The molecule has 0 aromatic heterocycles. The fraction of sp³-hybridized carbons (Fsp3) is 0.667. The Balaban J connectivity index is 1.61. The van der Waals surface area contributed by atoms with E-state index in [1.54, 1.807) is 0 Å². The van der Waals surface area contributed by atoms with Gasteiger partial charge in [-0.3, -0.25) is 0 Å². The highest BCUT2D eigenvalue weighted by molar-refractivity contribution is 5.73. The van der Waals surface area contributed by atoms with Gasteiger partial charge >= 0.3 is 6.03 Å². The van der Waals surface area contributed by atoms with Crippen molar-refractivity contribution in [2.75, 3.05) is 39.8 Å². The minimum Gasteiger partial charge on any atom is -0.491 e. The van der Waals surface area contributed by atoms with Crippen LogP contribution in [-0.4, -0.2) is 62.0 Å². The molecule has 0 bridgehead atoms. The molecule has 1 heterocycles. The van der Waals surface area contributed by atoms with Gasteiger partial charge in [0, 0.05) is 13.1 Å². The van der Waals surface area contributed by atoms with Gasteiger partial charge in [-0.15, -0.1) is 0 Å². The summed E-state index contributed by atoms with van der Waals surface area (Å²) < 4.78 is 5.61. The fourth-order valence-electron chi connectivity index (χ4n) is 3.08. The third kappa shape index (κ3) is 7.77. The van der Waals surface area contributed by atoms with Crippen LogP contribution in [0.25, 0.3) is 0 Å². The zero-order valence-corrected chi connectivity index (χ0v) is 17.1. The van der Waals surface area contributed by atoms with Gasteiger partial charge in [0.2, 0.25) is 0 Å². The van der Waals surface area contributed by atoms with Gasteiger partial charge in [0.1, 0.15) is 18.5 Å². The van der Waals surface area contributed by atoms with Crippen LogP contribution in [0.1, 0.15) is 39.2 Å². The van der Waals surface area contributed by atoms with E-state index in [1.165, 1.54) is 5.56 Å². The molecule has 0 saturated carbocycles. The number of aliphatic hydroxyl groups excluding tert-OH is 1. The van der Waals surface area contributed by atoms with Crippen LogP contribution in [0, 0.1) is 5.92 Å². The second-order valence-corrected chi connectivity index (χ2v) is 8.58. The number of ether oxygens (including phenoxy) is 1. The van der Waals surface area contributed by atoms with Gasteiger partial charge in [0.05, 0.1) is 0 Å². The summed E-state index contributed by atoms with van der Waals surface area (Å²) in [7, 11) is 2.12. The topological polar surface area (TPSA) is 73.8 Å². The van der Waals surface area contributed by atoms with Crippen molar-refractivity contribution in [3.63, 3.8) is 0 Å². The van der Waals surface area contributed by atoms with Gasteiger partial charge in [-0.05, 0) is 62.0 Å². The Morgan fingerprint density at radius 3 is 2.44 bits per heavy atom. The van der Waals surface area contributed by atoms with Crippen LogP contribution in [0.2, 0.25) is 0 Å². The molecule has 1 saturated heterocycles. The lowest BCUT2D eigenvalue weighted by Crippen LogP contribution is -2.44. The predicted octanol–water partition coefficient (Wildman–Crippen LogP) is 2.36. The Labute approximate surface area is 163 Å². The molecule has 6 nitrogen and oxygen atoms in total. The first-order chi connectivity index (χ1) is 12.7. The summed E-state index contributed by atoms with van der Waals surface area (Å²) in [4.78, 5) is 14.2. The van der Waals surface area contributed by atoms with Gasteiger partial charge < -0.3 is 25.4 Å². The van der Waals surface area contributed by atoms with Crippen molar-refractivity contribution in [1.29, 1.82) is 0 Å². The van der Waals surface area contributed by atoms with E-state index in [-0.39, 0.29) is 24.6 Å². The molecule has 152 valence electrons.